The van der Waals surface area contributed by atoms with E-state index in [0.717, 1.165) is 30.7 Å². The SMILES string of the molecule is Cc1ccc(Cc2nc([C@H]3CC[C@H](NC(=O)OC(C)(C)C)C3)no2)cc1. The number of nitrogens with zero attached hydrogens (tertiary/aromatic N) is 2. The van der Waals surface area contributed by atoms with Crippen LogP contribution in [0, 0.1) is 6.92 Å². The van der Waals surface area contributed by atoms with E-state index in [2.05, 4.69) is 46.6 Å². The molecule has 1 fully saturated rings. The Morgan fingerprint density at radius 2 is 2.00 bits per heavy atom. The molecule has 140 valence electrons. The Morgan fingerprint density at radius 3 is 2.69 bits per heavy atom. The van der Waals surface area contributed by atoms with Gasteiger partial charge in [0.25, 0.3) is 0 Å². The van der Waals surface area contributed by atoms with Crippen LogP contribution in [0.1, 0.15) is 68.8 Å². The zero-order valence-electron chi connectivity index (χ0n) is 15.9. The number of carbonyl (C=O) groups is 1. The molecule has 1 aliphatic carbocycles. The smallest absolute Gasteiger partial charge is 0.407 e. The first-order valence-corrected chi connectivity index (χ1v) is 9.16. The van der Waals surface area contributed by atoms with Gasteiger partial charge in [0.15, 0.2) is 5.82 Å². The van der Waals surface area contributed by atoms with Gasteiger partial charge >= 0.3 is 6.09 Å². The average molecular weight is 357 g/mol. The molecule has 0 radical (unpaired) electrons. The van der Waals surface area contributed by atoms with Crippen molar-refractivity contribution in [3.05, 3.63) is 47.1 Å². The fraction of sp³-hybridized carbons (Fsp3) is 0.550. The molecule has 3 rings (SSSR count). The van der Waals surface area contributed by atoms with Crippen molar-refractivity contribution in [3.63, 3.8) is 0 Å². The Hall–Kier alpha value is -2.37. The number of hydrogen-bond acceptors (Lipinski definition) is 5. The summed E-state index contributed by atoms with van der Waals surface area (Å²) in [6.45, 7) is 7.65. The van der Waals surface area contributed by atoms with Gasteiger partial charge in [0.2, 0.25) is 5.89 Å². The van der Waals surface area contributed by atoms with Crippen molar-refractivity contribution in [2.45, 2.75) is 70.9 Å². The molecule has 1 aromatic heterocycles. The Kier molecular flexibility index (Phi) is 5.30. The van der Waals surface area contributed by atoms with E-state index in [0.29, 0.717) is 12.3 Å². The second-order valence-corrected chi connectivity index (χ2v) is 8.06. The van der Waals surface area contributed by atoms with Crippen molar-refractivity contribution < 1.29 is 14.1 Å². The van der Waals surface area contributed by atoms with Crippen molar-refractivity contribution in [2.24, 2.45) is 0 Å². The summed E-state index contributed by atoms with van der Waals surface area (Å²) in [6.07, 6.45) is 2.91. The number of nitrogens with one attached hydrogen (secondary N) is 1. The van der Waals surface area contributed by atoms with Gasteiger partial charge in [-0.25, -0.2) is 4.79 Å². The van der Waals surface area contributed by atoms with Crippen molar-refractivity contribution >= 4 is 6.09 Å². The molecule has 1 aromatic carbocycles. The molecule has 2 atom stereocenters. The summed E-state index contributed by atoms with van der Waals surface area (Å²) in [5.41, 5.74) is 1.90. The van der Waals surface area contributed by atoms with Gasteiger partial charge in [0, 0.05) is 12.0 Å². The zero-order valence-corrected chi connectivity index (χ0v) is 15.9. The third-order valence-corrected chi connectivity index (χ3v) is 4.48. The summed E-state index contributed by atoms with van der Waals surface area (Å²) in [5, 5.41) is 7.09. The molecule has 1 saturated carbocycles. The number of benzene rings is 1. The molecule has 0 aliphatic heterocycles. The molecular weight excluding hydrogens is 330 g/mol. The molecular formula is C20H27N3O3. The van der Waals surface area contributed by atoms with E-state index in [9.17, 15) is 4.79 Å². The molecule has 0 bridgehead atoms. The van der Waals surface area contributed by atoms with Crippen molar-refractivity contribution in [1.82, 2.24) is 15.5 Å². The quantitative estimate of drug-likeness (QED) is 0.890. The Bertz CT molecular complexity index is 746. The molecule has 1 heterocycles. The van der Waals surface area contributed by atoms with Crippen molar-refractivity contribution in [1.29, 1.82) is 0 Å². The highest BCUT2D eigenvalue weighted by atomic mass is 16.6. The van der Waals surface area contributed by atoms with E-state index in [-0.39, 0.29) is 18.1 Å². The van der Waals surface area contributed by atoms with Crippen LogP contribution in [0.25, 0.3) is 0 Å². The van der Waals surface area contributed by atoms with Crippen molar-refractivity contribution in [3.8, 4) is 0 Å². The predicted octanol–water partition coefficient (Wildman–Crippen LogP) is 4.13. The van der Waals surface area contributed by atoms with E-state index >= 15 is 0 Å². The van der Waals surface area contributed by atoms with Gasteiger partial charge in [-0.05, 0) is 52.5 Å². The van der Waals surface area contributed by atoms with Gasteiger partial charge in [-0.1, -0.05) is 35.0 Å². The van der Waals surface area contributed by atoms with Crippen LogP contribution < -0.4 is 5.32 Å². The molecule has 2 aromatic rings. The Morgan fingerprint density at radius 1 is 1.27 bits per heavy atom. The minimum Gasteiger partial charge on any atom is -0.444 e. The third kappa shape index (κ3) is 5.07. The van der Waals surface area contributed by atoms with Crippen LogP contribution in [-0.4, -0.2) is 27.9 Å². The standard InChI is InChI=1S/C20H27N3O3/c1-13-5-7-14(8-6-13)11-17-22-18(23-26-17)15-9-10-16(12-15)21-19(24)25-20(2,3)4/h5-8,15-16H,9-12H2,1-4H3,(H,21,24)/t15-,16-/m0/s1. The summed E-state index contributed by atoms with van der Waals surface area (Å²) in [5.74, 6) is 1.58. The maximum absolute atomic E-state index is 11.9. The Labute approximate surface area is 154 Å². The normalized spacial score (nSPS) is 20.2. The van der Waals surface area contributed by atoms with Crippen LogP contribution in [0.5, 0.6) is 0 Å². The zero-order chi connectivity index (χ0) is 18.7. The first-order valence-electron chi connectivity index (χ1n) is 9.16. The van der Waals surface area contributed by atoms with Gasteiger partial charge in [-0.3, -0.25) is 0 Å². The Balaban J connectivity index is 1.53. The average Bonchev–Trinajstić information content (AvgIpc) is 3.17. The second kappa shape index (κ2) is 7.48. The molecule has 0 unspecified atom stereocenters. The summed E-state index contributed by atoms with van der Waals surface area (Å²) in [6, 6.07) is 8.41. The summed E-state index contributed by atoms with van der Waals surface area (Å²) < 4.78 is 10.7. The predicted molar refractivity (Wildman–Crippen MR) is 98.0 cm³/mol. The molecule has 1 amide bonds. The molecule has 0 saturated heterocycles. The van der Waals surface area contributed by atoms with Gasteiger partial charge in [0.1, 0.15) is 5.60 Å². The number of amides is 1. The number of rotatable bonds is 4. The monoisotopic (exact) mass is 357 g/mol. The highest BCUT2D eigenvalue weighted by Gasteiger charge is 2.31. The minimum absolute atomic E-state index is 0.0916. The van der Waals surface area contributed by atoms with E-state index in [4.69, 9.17) is 9.26 Å². The molecule has 1 N–H and O–H groups in total. The van der Waals surface area contributed by atoms with E-state index in [1.807, 2.05) is 20.8 Å². The first-order chi connectivity index (χ1) is 12.3. The lowest BCUT2D eigenvalue weighted by Crippen LogP contribution is -2.37. The number of ether oxygens (including phenoxy) is 1. The van der Waals surface area contributed by atoms with Gasteiger partial charge in [-0.15, -0.1) is 0 Å². The maximum atomic E-state index is 11.9. The molecule has 1 aliphatic rings. The van der Waals surface area contributed by atoms with Gasteiger partial charge in [0.05, 0.1) is 6.42 Å². The molecule has 6 nitrogen and oxygen atoms in total. The lowest BCUT2D eigenvalue weighted by Gasteiger charge is -2.21. The molecule has 0 spiro atoms. The largest absolute Gasteiger partial charge is 0.444 e. The third-order valence-electron chi connectivity index (χ3n) is 4.48. The number of hydrogen-bond donors (Lipinski definition) is 1. The number of aryl methyl sites for hydroxylation is 1. The minimum atomic E-state index is -0.485. The lowest BCUT2D eigenvalue weighted by molar-refractivity contribution is 0.0505. The summed E-state index contributed by atoms with van der Waals surface area (Å²) in [7, 11) is 0. The van der Waals surface area contributed by atoms with E-state index in [1.54, 1.807) is 0 Å². The van der Waals surface area contributed by atoms with E-state index < -0.39 is 5.60 Å². The number of aromatic nitrogens is 2. The molecule has 26 heavy (non-hydrogen) atoms. The number of alkyl carbamates (subject to hydrolysis) is 1. The highest BCUT2D eigenvalue weighted by Crippen LogP contribution is 2.33. The molecule has 6 heteroatoms. The van der Waals surface area contributed by atoms with Crippen LogP contribution in [0.3, 0.4) is 0 Å². The maximum Gasteiger partial charge on any atom is 0.407 e. The highest BCUT2D eigenvalue weighted by molar-refractivity contribution is 5.68. The number of carbonyl (C=O) groups excluding carboxylic acids is 1. The van der Waals surface area contributed by atoms with Crippen molar-refractivity contribution in [2.75, 3.05) is 0 Å². The van der Waals surface area contributed by atoms with Crippen LogP contribution in [0.2, 0.25) is 0 Å². The fourth-order valence-electron chi connectivity index (χ4n) is 3.21. The van der Waals surface area contributed by atoms with Gasteiger partial charge < -0.3 is 14.6 Å². The van der Waals surface area contributed by atoms with Crippen LogP contribution in [0.4, 0.5) is 4.79 Å². The fourth-order valence-corrected chi connectivity index (χ4v) is 3.21. The van der Waals surface area contributed by atoms with Gasteiger partial charge in [-0.2, -0.15) is 4.98 Å². The van der Waals surface area contributed by atoms with Crippen LogP contribution >= 0.6 is 0 Å². The lowest BCUT2D eigenvalue weighted by atomic mass is 10.1. The second-order valence-electron chi connectivity index (χ2n) is 8.06. The van der Waals surface area contributed by atoms with E-state index in [1.165, 1.54) is 5.56 Å². The topological polar surface area (TPSA) is 77.2 Å². The summed E-state index contributed by atoms with van der Waals surface area (Å²) >= 11 is 0. The van der Waals surface area contributed by atoms with Crippen LogP contribution in [-0.2, 0) is 11.2 Å². The first kappa shape index (κ1) is 18.4. The van der Waals surface area contributed by atoms with Crippen LogP contribution in [0.15, 0.2) is 28.8 Å². The summed E-state index contributed by atoms with van der Waals surface area (Å²) in [4.78, 5) is 16.5.